The Labute approximate surface area is 339 Å². The van der Waals surface area contributed by atoms with Gasteiger partial charge in [-0.2, -0.15) is 0 Å². The van der Waals surface area contributed by atoms with Crippen LogP contribution in [-0.4, -0.2) is 43.3 Å². The molecule has 0 rings (SSSR count). The molecular formula is C46H87O8P. The van der Waals surface area contributed by atoms with Crippen molar-refractivity contribution in [2.45, 2.75) is 238 Å². The Morgan fingerprint density at radius 1 is 0.509 bits per heavy atom. The normalized spacial score (nSPS) is 13.5. The number of esters is 2. The average molecular weight is 799 g/mol. The van der Waals surface area contributed by atoms with E-state index in [0.29, 0.717) is 12.8 Å². The summed E-state index contributed by atoms with van der Waals surface area (Å²) in [5, 5.41) is 0. The Kier molecular flexibility index (Phi) is 41.0. The largest absolute Gasteiger partial charge is 0.472 e. The van der Waals surface area contributed by atoms with Crippen LogP contribution in [0.3, 0.4) is 0 Å². The molecule has 0 saturated carbocycles. The second-order valence-electron chi connectivity index (χ2n) is 15.5. The summed E-state index contributed by atoms with van der Waals surface area (Å²) in [7, 11) is -3.20. The molecule has 1 N–H and O–H groups in total. The molecule has 0 saturated heterocycles. The zero-order valence-electron chi connectivity index (χ0n) is 36.1. The number of rotatable bonds is 43. The van der Waals surface area contributed by atoms with Crippen LogP contribution >= 0.6 is 7.82 Å². The maximum atomic E-state index is 12.5. The van der Waals surface area contributed by atoms with Crippen molar-refractivity contribution in [3.05, 3.63) is 24.3 Å². The summed E-state index contributed by atoms with van der Waals surface area (Å²) in [6.07, 6.45) is 48.2. The first-order chi connectivity index (χ1) is 26.8. The van der Waals surface area contributed by atoms with Gasteiger partial charge in [0.25, 0.3) is 0 Å². The minimum atomic E-state index is -4.26. The zero-order valence-corrected chi connectivity index (χ0v) is 37.0. The monoisotopic (exact) mass is 799 g/mol. The number of hydrogen-bond donors (Lipinski definition) is 1. The van der Waals surface area contributed by atoms with E-state index in [9.17, 15) is 19.0 Å². The molecule has 2 unspecified atom stereocenters. The van der Waals surface area contributed by atoms with E-state index >= 15 is 0 Å². The molecule has 2 atom stereocenters. The maximum Gasteiger partial charge on any atom is 0.472 e. The number of hydrogen-bond acceptors (Lipinski definition) is 7. The van der Waals surface area contributed by atoms with Gasteiger partial charge in [0.2, 0.25) is 0 Å². The summed E-state index contributed by atoms with van der Waals surface area (Å²) in [6, 6.07) is 0. The van der Waals surface area contributed by atoms with Crippen molar-refractivity contribution >= 4 is 19.8 Å². The van der Waals surface area contributed by atoms with Gasteiger partial charge in [0.1, 0.15) is 6.61 Å². The van der Waals surface area contributed by atoms with Crippen molar-refractivity contribution in [2.24, 2.45) is 0 Å². The van der Waals surface area contributed by atoms with E-state index in [2.05, 4.69) is 42.7 Å². The van der Waals surface area contributed by atoms with Gasteiger partial charge in [-0.25, -0.2) is 4.57 Å². The molecular weight excluding hydrogens is 711 g/mol. The smallest absolute Gasteiger partial charge is 0.462 e. The minimum Gasteiger partial charge on any atom is -0.462 e. The first-order valence-electron chi connectivity index (χ1n) is 23.0. The lowest BCUT2D eigenvalue weighted by atomic mass is 10.0. The van der Waals surface area contributed by atoms with E-state index in [-0.39, 0.29) is 19.0 Å². The average Bonchev–Trinajstić information content (AvgIpc) is 3.18. The Bertz CT molecular complexity index is 952. The van der Waals surface area contributed by atoms with Gasteiger partial charge in [-0.3, -0.25) is 18.6 Å². The van der Waals surface area contributed by atoms with Crippen LogP contribution < -0.4 is 0 Å². The number of phosphoric acid groups is 1. The summed E-state index contributed by atoms with van der Waals surface area (Å²) >= 11 is 0. The van der Waals surface area contributed by atoms with Crippen molar-refractivity contribution < 1.29 is 37.6 Å². The molecule has 0 bridgehead atoms. The van der Waals surface area contributed by atoms with Gasteiger partial charge in [0.15, 0.2) is 6.10 Å². The zero-order chi connectivity index (χ0) is 40.3. The highest BCUT2D eigenvalue weighted by Crippen LogP contribution is 2.42. The second-order valence-corrected chi connectivity index (χ2v) is 17.1. The minimum absolute atomic E-state index is 0.227. The predicted molar refractivity (Wildman–Crippen MR) is 230 cm³/mol. The standard InChI is InChI=1S/C46H87O8P/c1-4-6-8-10-12-14-16-18-19-20-21-22-23-24-25-26-27-29-30-32-34-36-38-40-45(47)52-42-44(43-53-55(49,50)51-3)54-46(48)41-39-37-35-33-31-28-17-15-13-11-9-7-5-2/h9,11,15,17,44H,4-8,10,12-14,16,18-43H2,1-3H3,(H,49,50)/b11-9-,17-15-. The van der Waals surface area contributed by atoms with Gasteiger partial charge in [0, 0.05) is 20.0 Å². The maximum absolute atomic E-state index is 12.5. The van der Waals surface area contributed by atoms with Crippen LogP contribution in [0.25, 0.3) is 0 Å². The van der Waals surface area contributed by atoms with Gasteiger partial charge in [0.05, 0.1) is 6.61 Å². The molecule has 0 aromatic carbocycles. The Morgan fingerprint density at radius 3 is 1.35 bits per heavy atom. The van der Waals surface area contributed by atoms with Crippen molar-refractivity contribution in [1.82, 2.24) is 0 Å². The third-order valence-corrected chi connectivity index (χ3v) is 11.1. The van der Waals surface area contributed by atoms with Crippen molar-refractivity contribution in [1.29, 1.82) is 0 Å². The molecule has 0 aliphatic rings. The quantitative estimate of drug-likeness (QED) is 0.0281. The van der Waals surface area contributed by atoms with Gasteiger partial charge < -0.3 is 14.4 Å². The van der Waals surface area contributed by atoms with E-state index < -0.39 is 26.5 Å². The van der Waals surface area contributed by atoms with Crippen LogP contribution in [0.2, 0.25) is 0 Å². The van der Waals surface area contributed by atoms with Gasteiger partial charge in [-0.05, 0) is 38.5 Å². The van der Waals surface area contributed by atoms with Crippen LogP contribution in [0.5, 0.6) is 0 Å². The molecule has 8 nitrogen and oxygen atoms in total. The van der Waals surface area contributed by atoms with E-state index in [1.807, 2.05) is 0 Å². The first kappa shape index (κ1) is 53.5. The molecule has 55 heavy (non-hydrogen) atoms. The van der Waals surface area contributed by atoms with Gasteiger partial charge >= 0.3 is 19.8 Å². The predicted octanol–water partition coefficient (Wildman–Crippen LogP) is 14.6. The van der Waals surface area contributed by atoms with E-state index in [0.717, 1.165) is 71.3 Å². The van der Waals surface area contributed by atoms with Gasteiger partial charge in [-0.15, -0.1) is 0 Å². The van der Waals surface area contributed by atoms with Crippen molar-refractivity contribution in [2.75, 3.05) is 20.3 Å². The summed E-state index contributed by atoms with van der Waals surface area (Å²) in [4.78, 5) is 34.5. The SMILES string of the molecule is CCC/C=C\C/C=C\CCCCCCCC(=O)OC(COC(=O)CCCCCCCCCCCCCCCCCCCCCCCCC)COP(=O)(O)OC. The Hall–Kier alpha value is -1.47. The number of unbranched alkanes of at least 4 members (excludes halogenated alkanes) is 28. The number of phosphoric ester groups is 1. The molecule has 0 amide bonds. The fourth-order valence-corrected chi connectivity index (χ4v) is 7.10. The van der Waals surface area contributed by atoms with Crippen LogP contribution in [0.4, 0.5) is 0 Å². The lowest BCUT2D eigenvalue weighted by Gasteiger charge is -2.19. The molecule has 0 aromatic rings. The molecule has 324 valence electrons. The third kappa shape index (κ3) is 42.0. The fraction of sp³-hybridized carbons (Fsp3) is 0.870. The topological polar surface area (TPSA) is 108 Å². The molecule has 0 aliphatic carbocycles. The fourth-order valence-electron chi connectivity index (χ4n) is 6.64. The van der Waals surface area contributed by atoms with E-state index in [1.54, 1.807) is 0 Å². The van der Waals surface area contributed by atoms with Crippen LogP contribution in [0, 0.1) is 0 Å². The van der Waals surface area contributed by atoms with E-state index in [4.69, 9.17) is 14.0 Å². The van der Waals surface area contributed by atoms with Crippen molar-refractivity contribution in [3.63, 3.8) is 0 Å². The number of carbonyl (C=O) groups excluding carboxylic acids is 2. The van der Waals surface area contributed by atoms with Crippen LogP contribution in [0.15, 0.2) is 24.3 Å². The summed E-state index contributed by atoms with van der Waals surface area (Å²) in [5.74, 6) is -0.810. The molecule has 0 aromatic heterocycles. The van der Waals surface area contributed by atoms with Crippen molar-refractivity contribution in [3.8, 4) is 0 Å². The summed E-state index contributed by atoms with van der Waals surface area (Å²) < 4.78 is 32.0. The van der Waals surface area contributed by atoms with Crippen LogP contribution in [-0.2, 0) is 32.7 Å². The highest BCUT2D eigenvalue weighted by atomic mass is 31.2. The molecule has 0 aliphatic heterocycles. The summed E-state index contributed by atoms with van der Waals surface area (Å²) in [5.41, 5.74) is 0. The van der Waals surface area contributed by atoms with E-state index in [1.165, 1.54) is 135 Å². The first-order valence-corrected chi connectivity index (χ1v) is 24.5. The number of carbonyl (C=O) groups is 2. The lowest BCUT2D eigenvalue weighted by molar-refractivity contribution is -0.161. The molecule has 0 fully saturated rings. The molecule has 0 spiro atoms. The summed E-state index contributed by atoms with van der Waals surface area (Å²) in [6.45, 7) is 3.84. The Balaban J connectivity index is 3.86. The lowest BCUT2D eigenvalue weighted by Crippen LogP contribution is -2.29. The highest BCUT2D eigenvalue weighted by molar-refractivity contribution is 7.47. The third-order valence-electron chi connectivity index (χ3n) is 10.2. The molecule has 0 radical (unpaired) electrons. The van der Waals surface area contributed by atoms with Gasteiger partial charge in [-0.1, -0.05) is 205 Å². The molecule has 9 heteroatoms. The molecule has 0 heterocycles. The van der Waals surface area contributed by atoms with Crippen LogP contribution in [0.1, 0.15) is 232 Å². The highest BCUT2D eigenvalue weighted by Gasteiger charge is 2.24. The number of allylic oxidation sites excluding steroid dienone is 4. The Morgan fingerprint density at radius 2 is 0.909 bits per heavy atom. The second kappa shape index (κ2) is 42.1. The number of ether oxygens (including phenoxy) is 2.